The van der Waals surface area contributed by atoms with Gasteiger partial charge in [-0.15, -0.1) is 0 Å². The molecule has 0 N–H and O–H groups in total. The summed E-state index contributed by atoms with van der Waals surface area (Å²) in [5, 5.41) is 0.509. The molecule has 0 aliphatic heterocycles. The van der Waals surface area contributed by atoms with Crippen LogP contribution in [0, 0.1) is 19.7 Å². The van der Waals surface area contributed by atoms with Gasteiger partial charge in [0.25, 0.3) is 0 Å². The van der Waals surface area contributed by atoms with Crippen LogP contribution in [0.25, 0.3) is 0 Å². The second-order valence-corrected chi connectivity index (χ2v) is 7.75. The monoisotopic (exact) mass is 351 g/mol. The number of aryl methyl sites for hydroxylation is 2. The Morgan fingerprint density at radius 3 is 2.05 bits per heavy atom. The van der Waals surface area contributed by atoms with E-state index in [-0.39, 0.29) is 4.90 Å². The first-order valence-electron chi connectivity index (χ1n) is 5.86. The lowest BCUT2D eigenvalue weighted by Gasteiger charge is -2.33. The lowest BCUT2D eigenvalue weighted by atomic mass is 10.1. The highest BCUT2D eigenvalue weighted by molar-refractivity contribution is 9.09. The van der Waals surface area contributed by atoms with Gasteiger partial charge < -0.3 is 0 Å². The van der Waals surface area contributed by atoms with Gasteiger partial charge in [-0.2, -0.15) is 4.31 Å². The van der Waals surface area contributed by atoms with Crippen molar-refractivity contribution in [3.8, 4) is 0 Å². The van der Waals surface area contributed by atoms with Gasteiger partial charge in [0, 0.05) is 17.9 Å². The number of benzene rings is 1. The summed E-state index contributed by atoms with van der Waals surface area (Å²) in [6.07, 6.45) is 0. The highest BCUT2D eigenvalue weighted by Crippen LogP contribution is 2.29. The van der Waals surface area contributed by atoms with Crippen LogP contribution in [0.3, 0.4) is 0 Å². The van der Waals surface area contributed by atoms with Gasteiger partial charge in [-0.25, -0.2) is 12.8 Å². The summed E-state index contributed by atoms with van der Waals surface area (Å²) in [7, 11) is -2.11. The van der Waals surface area contributed by atoms with E-state index < -0.39 is 21.4 Å². The molecule has 1 rings (SSSR count). The molecule has 0 bridgehead atoms. The Hall–Kier alpha value is -0.460. The number of sulfonamides is 1. The summed E-state index contributed by atoms with van der Waals surface area (Å²) in [4.78, 5) is 0.186. The molecule has 108 valence electrons. The van der Waals surface area contributed by atoms with Crippen LogP contribution < -0.4 is 0 Å². The van der Waals surface area contributed by atoms with E-state index in [4.69, 9.17) is 0 Å². The molecule has 0 amide bonds. The predicted octanol–water partition coefficient (Wildman–Crippen LogP) is 3.24. The predicted molar refractivity (Wildman–Crippen MR) is 78.7 cm³/mol. The SMILES string of the molecule is Cc1cc(F)cc(C)c1S(=O)(=O)N(C)C(C)(C)CBr. The Balaban J connectivity index is 3.45. The minimum absolute atomic E-state index is 0.186. The first-order valence-corrected chi connectivity index (χ1v) is 8.42. The average Bonchev–Trinajstić information content (AvgIpc) is 2.26. The van der Waals surface area contributed by atoms with Crippen molar-refractivity contribution < 1.29 is 12.8 Å². The Kier molecular flexibility index (Phi) is 4.80. The van der Waals surface area contributed by atoms with Gasteiger partial charge in [0.05, 0.1) is 4.90 Å². The molecular formula is C13H19BrFNO2S. The third kappa shape index (κ3) is 3.17. The van der Waals surface area contributed by atoms with Crippen LogP contribution in [0.4, 0.5) is 4.39 Å². The standard InChI is InChI=1S/C13H19BrFNO2S/c1-9-6-11(15)7-10(2)12(9)19(17,18)16(5)13(3,4)8-14/h6-7H,8H2,1-5H3. The van der Waals surface area contributed by atoms with Crippen molar-refractivity contribution >= 4 is 26.0 Å². The van der Waals surface area contributed by atoms with Crippen molar-refractivity contribution in [2.45, 2.75) is 38.1 Å². The maximum absolute atomic E-state index is 13.3. The summed E-state index contributed by atoms with van der Waals surface area (Å²) in [6.45, 7) is 6.87. The smallest absolute Gasteiger partial charge is 0.207 e. The number of nitrogens with zero attached hydrogens (tertiary/aromatic N) is 1. The molecule has 0 fully saturated rings. The van der Waals surface area contributed by atoms with Gasteiger partial charge in [0.1, 0.15) is 5.82 Å². The van der Waals surface area contributed by atoms with Crippen molar-refractivity contribution in [1.29, 1.82) is 0 Å². The van der Waals surface area contributed by atoms with E-state index in [0.717, 1.165) is 0 Å². The molecule has 3 nitrogen and oxygen atoms in total. The molecule has 6 heteroatoms. The first-order chi connectivity index (χ1) is 8.54. The van der Waals surface area contributed by atoms with E-state index in [1.165, 1.54) is 16.4 Å². The van der Waals surface area contributed by atoms with E-state index in [0.29, 0.717) is 16.5 Å². The minimum Gasteiger partial charge on any atom is -0.207 e. The van der Waals surface area contributed by atoms with E-state index in [1.807, 2.05) is 13.8 Å². The first kappa shape index (κ1) is 16.6. The summed E-state index contributed by atoms with van der Waals surface area (Å²) in [5.74, 6) is -0.420. The van der Waals surface area contributed by atoms with Gasteiger partial charge in [-0.1, -0.05) is 15.9 Å². The molecule has 1 aromatic rings. The van der Waals surface area contributed by atoms with Crippen LogP contribution in [0.15, 0.2) is 17.0 Å². The fourth-order valence-corrected chi connectivity index (χ4v) is 4.31. The second-order valence-electron chi connectivity index (χ2n) is 5.29. The van der Waals surface area contributed by atoms with Gasteiger partial charge in [0.2, 0.25) is 10.0 Å². The number of hydrogen-bond donors (Lipinski definition) is 0. The number of hydrogen-bond acceptors (Lipinski definition) is 2. The summed E-state index contributed by atoms with van der Waals surface area (Å²) >= 11 is 3.32. The van der Waals surface area contributed by atoms with Crippen molar-refractivity contribution in [1.82, 2.24) is 4.31 Å². The zero-order valence-corrected chi connectivity index (χ0v) is 14.2. The molecule has 19 heavy (non-hydrogen) atoms. The van der Waals surface area contributed by atoms with E-state index in [2.05, 4.69) is 15.9 Å². The largest absolute Gasteiger partial charge is 0.243 e. The van der Waals surface area contributed by atoms with Gasteiger partial charge in [0.15, 0.2) is 0 Å². The maximum atomic E-state index is 13.3. The topological polar surface area (TPSA) is 37.4 Å². The maximum Gasteiger partial charge on any atom is 0.243 e. The lowest BCUT2D eigenvalue weighted by Crippen LogP contribution is -2.46. The second kappa shape index (κ2) is 5.50. The van der Waals surface area contributed by atoms with Crippen LogP contribution in [0.5, 0.6) is 0 Å². The highest BCUT2D eigenvalue weighted by atomic mass is 79.9. The Morgan fingerprint density at radius 1 is 1.26 bits per heavy atom. The Morgan fingerprint density at radius 2 is 1.68 bits per heavy atom. The Labute approximate surface area is 123 Å². The minimum atomic E-state index is -3.65. The number of rotatable bonds is 4. The van der Waals surface area contributed by atoms with Crippen molar-refractivity contribution in [2.24, 2.45) is 0 Å². The van der Waals surface area contributed by atoms with E-state index in [9.17, 15) is 12.8 Å². The van der Waals surface area contributed by atoms with Crippen LogP contribution >= 0.6 is 15.9 Å². The fraction of sp³-hybridized carbons (Fsp3) is 0.538. The summed E-state index contributed by atoms with van der Waals surface area (Å²) in [5.41, 5.74) is 0.288. The zero-order chi connectivity index (χ0) is 15.0. The summed E-state index contributed by atoms with van der Waals surface area (Å²) in [6, 6.07) is 2.49. The molecule has 0 saturated carbocycles. The van der Waals surface area contributed by atoms with E-state index >= 15 is 0 Å². The average molecular weight is 352 g/mol. The highest BCUT2D eigenvalue weighted by Gasteiger charge is 2.35. The zero-order valence-electron chi connectivity index (χ0n) is 11.8. The third-order valence-electron chi connectivity index (χ3n) is 3.22. The van der Waals surface area contributed by atoms with Gasteiger partial charge in [-0.3, -0.25) is 0 Å². The molecule has 0 saturated heterocycles. The molecule has 0 spiro atoms. The van der Waals surface area contributed by atoms with Gasteiger partial charge in [-0.05, 0) is 51.0 Å². The van der Waals surface area contributed by atoms with Crippen molar-refractivity contribution in [3.05, 3.63) is 29.1 Å². The molecule has 0 atom stereocenters. The van der Waals surface area contributed by atoms with Crippen LogP contribution in [0.2, 0.25) is 0 Å². The van der Waals surface area contributed by atoms with Crippen molar-refractivity contribution in [3.63, 3.8) is 0 Å². The third-order valence-corrected chi connectivity index (χ3v) is 6.97. The van der Waals surface area contributed by atoms with Crippen LogP contribution in [-0.4, -0.2) is 30.6 Å². The molecule has 0 radical (unpaired) electrons. The molecule has 0 aromatic heterocycles. The quantitative estimate of drug-likeness (QED) is 0.781. The molecule has 0 heterocycles. The normalized spacial score (nSPS) is 13.1. The molecule has 0 aliphatic carbocycles. The molecule has 1 aromatic carbocycles. The summed E-state index contributed by atoms with van der Waals surface area (Å²) < 4.78 is 39.9. The van der Waals surface area contributed by atoms with Crippen molar-refractivity contribution in [2.75, 3.05) is 12.4 Å². The molecule has 0 unspecified atom stereocenters. The van der Waals surface area contributed by atoms with Gasteiger partial charge >= 0.3 is 0 Å². The van der Waals surface area contributed by atoms with E-state index in [1.54, 1.807) is 20.9 Å². The number of alkyl halides is 1. The number of halogens is 2. The van der Waals surface area contributed by atoms with Crippen LogP contribution in [-0.2, 0) is 10.0 Å². The molecule has 0 aliphatic rings. The Bertz CT molecular complexity index is 561. The fourth-order valence-electron chi connectivity index (χ4n) is 1.85. The lowest BCUT2D eigenvalue weighted by molar-refractivity contribution is 0.299. The van der Waals surface area contributed by atoms with Crippen LogP contribution in [0.1, 0.15) is 25.0 Å². The molecular weight excluding hydrogens is 333 g/mol.